The van der Waals surface area contributed by atoms with E-state index >= 15 is 0 Å². The van der Waals surface area contributed by atoms with Gasteiger partial charge < -0.3 is 9.84 Å². The Hall–Kier alpha value is -1.34. The first kappa shape index (κ1) is 18.7. The van der Waals surface area contributed by atoms with Crippen molar-refractivity contribution in [2.75, 3.05) is 6.61 Å². The van der Waals surface area contributed by atoms with Crippen molar-refractivity contribution in [3.8, 4) is 6.07 Å². The zero-order valence-electron chi connectivity index (χ0n) is 17.3. The molecule has 0 amide bonds. The number of carbonyl (C=O) groups excluding carboxylic acids is 1. The van der Waals surface area contributed by atoms with E-state index in [4.69, 9.17) is 4.74 Å². The van der Waals surface area contributed by atoms with Crippen molar-refractivity contribution in [3.63, 3.8) is 0 Å². The Morgan fingerprint density at radius 3 is 2.64 bits per heavy atom. The Kier molecular flexibility index (Phi) is 4.05. The van der Waals surface area contributed by atoms with E-state index in [2.05, 4.69) is 19.9 Å². The second kappa shape index (κ2) is 6.08. The first-order valence-corrected chi connectivity index (χ1v) is 11.4. The van der Waals surface area contributed by atoms with E-state index in [-0.39, 0.29) is 23.5 Å². The van der Waals surface area contributed by atoms with Crippen molar-refractivity contribution in [3.05, 3.63) is 11.1 Å². The summed E-state index contributed by atoms with van der Waals surface area (Å²) < 4.78 is 5.22. The van der Waals surface area contributed by atoms with E-state index in [0.717, 1.165) is 37.2 Å². The molecule has 4 heteroatoms. The van der Waals surface area contributed by atoms with E-state index in [1.165, 1.54) is 38.5 Å². The molecule has 4 aliphatic carbocycles. The zero-order chi connectivity index (χ0) is 19.7. The van der Waals surface area contributed by atoms with Gasteiger partial charge in [0.1, 0.15) is 18.2 Å². The van der Waals surface area contributed by atoms with Crippen LogP contribution in [0.25, 0.3) is 0 Å². The fourth-order valence-corrected chi connectivity index (χ4v) is 8.63. The minimum absolute atomic E-state index is 0.0939. The molecule has 0 aromatic carbocycles. The number of hydrogen-bond donors (Lipinski definition) is 1. The highest BCUT2D eigenvalue weighted by Gasteiger charge is 2.67. The molecule has 1 heterocycles. The van der Waals surface area contributed by atoms with Crippen LogP contribution in [0.5, 0.6) is 0 Å². The average Bonchev–Trinajstić information content (AvgIpc) is 3.17. The molecule has 5 rings (SSSR count). The summed E-state index contributed by atoms with van der Waals surface area (Å²) in [6.45, 7) is 5.00. The number of rotatable bonds is 1. The lowest BCUT2D eigenvalue weighted by molar-refractivity contribution is -0.203. The predicted octanol–water partition coefficient (Wildman–Crippen LogP) is 4.53. The lowest BCUT2D eigenvalue weighted by Crippen LogP contribution is -2.61. The van der Waals surface area contributed by atoms with Crippen LogP contribution in [-0.2, 0) is 9.53 Å². The number of hydrogen-bond acceptors (Lipinski definition) is 4. The van der Waals surface area contributed by atoms with Crippen LogP contribution in [0.4, 0.5) is 0 Å². The minimum Gasteiger partial charge on any atom is -0.457 e. The van der Waals surface area contributed by atoms with Crippen molar-refractivity contribution in [2.24, 2.45) is 34.5 Å². The highest BCUT2D eigenvalue weighted by atomic mass is 16.5. The van der Waals surface area contributed by atoms with Crippen LogP contribution >= 0.6 is 0 Å². The Morgan fingerprint density at radius 1 is 1.04 bits per heavy atom. The number of esters is 1. The summed E-state index contributed by atoms with van der Waals surface area (Å²) in [7, 11) is 0. The van der Waals surface area contributed by atoms with Gasteiger partial charge in [0.05, 0.1) is 5.60 Å². The fourth-order valence-electron chi connectivity index (χ4n) is 8.63. The fraction of sp³-hybridized carbons (Fsp3) is 0.833. The van der Waals surface area contributed by atoms with Crippen LogP contribution in [-0.4, -0.2) is 23.3 Å². The first-order valence-electron chi connectivity index (χ1n) is 11.4. The Bertz CT molecular complexity index is 781. The van der Waals surface area contributed by atoms with Crippen molar-refractivity contribution >= 4 is 5.97 Å². The standard InChI is InChI=1S/C24H33NO3/c1-22-10-4-3-5-15(22)6-7-20-19(22)8-11-23(2)18(9-12-24(20,23)27)17-14-28-21(26)16(17)13-25/h15,18-20,27H,3-12,14H2,1-2H3/t15-,18+,19-,20+,22-,23+,24?/m0/s1. The summed E-state index contributed by atoms with van der Waals surface area (Å²) in [5.74, 6) is 1.44. The van der Waals surface area contributed by atoms with Gasteiger partial charge in [0.25, 0.3) is 0 Å². The predicted molar refractivity (Wildman–Crippen MR) is 105 cm³/mol. The van der Waals surface area contributed by atoms with Crippen molar-refractivity contribution in [2.45, 2.75) is 83.7 Å². The monoisotopic (exact) mass is 383 g/mol. The van der Waals surface area contributed by atoms with Gasteiger partial charge in [-0.25, -0.2) is 4.79 Å². The second-order valence-corrected chi connectivity index (χ2v) is 10.8. The summed E-state index contributed by atoms with van der Waals surface area (Å²) >= 11 is 0. The number of nitriles is 1. The third-order valence-electron chi connectivity index (χ3n) is 10.2. The van der Waals surface area contributed by atoms with Gasteiger partial charge in [-0.15, -0.1) is 0 Å². The van der Waals surface area contributed by atoms with Crippen LogP contribution in [0.3, 0.4) is 0 Å². The zero-order valence-corrected chi connectivity index (χ0v) is 17.3. The van der Waals surface area contributed by atoms with Gasteiger partial charge in [-0.05, 0) is 86.0 Å². The summed E-state index contributed by atoms with van der Waals surface area (Å²) in [4.78, 5) is 12.0. The molecule has 0 saturated heterocycles. The summed E-state index contributed by atoms with van der Waals surface area (Å²) in [5.41, 5.74) is 0.533. The van der Waals surface area contributed by atoms with Gasteiger partial charge in [0.15, 0.2) is 0 Å². The Labute approximate surface area is 168 Å². The van der Waals surface area contributed by atoms with E-state index in [9.17, 15) is 15.2 Å². The molecule has 7 atom stereocenters. The third-order valence-corrected chi connectivity index (χ3v) is 10.2. The number of carbonyl (C=O) groups is 1. The largest absolute Gasteiger partial charge is 0.457 e. The van der Waals surface area contributed by atoms with Gasteiger partial charge in [0.2, 0.25) is 0 Å². The molecule has 0 aromatic heterocycles. The highest BCUT2D eigenvalue weighted by Crippen LogP contribution is 2.70. The van der Waals surface area contributed by atoms with Crippen LogP contribution in [0.15, 0.2) is 11.1 Å². The number of nitrogens with zero attached hydrogens (tertiary/aromatic N) is 1. The van der Waals surface area contributed by atoms with Crippen LogP contribution < -0.4 is 0 Å². The molecule has 0 bridgehead atoms. The molecular formula is C24H33NO3. The van der Waals surface area contributed by atoms with Gasteiger partial charge in [-0.1, -0.05) is 26.7 Å². The Morgan fingerprint density at radius 2 is 1.86 bits per heavy atom. The topological polar surface area (TPSA) is 70.3 Å². The molecule has 4 fully saturated rings. The van der Waals surface area contributed by atoms with E-state index < -0.39 is 11.6 Å². The normalized spacial score (nSPS) is 50.4. The molecule has 1 unspecified atom stereocenters. The van der Waals surface area contributed by atoms with E-state index in [1.807, 2.05) is 0 Å². The second-order valence-electron chi connectivity index (χ2n) is 10.8. The van der Waals surface area contributed by atoms with Crippen molar-refractivity contribution < 1.29 is 14.6 Å². The number of fused-ring (bicyclic) bond motifs is 5. The Balaban J connectivity index is 1.51. The molecule has 0 aromatic rings. The van der Waals surface area contributed by atoms with Gasteiger partial charge in [0, 0.05) is 5.41 Å². The molecule has 0 radical (unpaired) electrons. The van der Waals surface area contributed by atoms with Crippen LogP contribution in [0.2, 0.25) is 0 Å². The number of cyclic esters (lactones) is 1. The lowest BCUT2D eigenvalue weighted by atomic mass is 9.43. The molecule has 1 aliphatic heterocycles. The molecule has 4 nitrogen and oxygen atoms in total. The summed E-state index contributed by atoms with van der Waals surface area (Å²) in [5, 5.41) is 21.7. The third kappa shape index (κ3) is 2.18. The molecule has 28 heavy (non-hydrogen) atoms. The van der Waals surface area contributed by atoms with Crippen molar-refractivity contribution in [1.82, 2.24) is 0 Å². The molecular weight excluding hydrogens is 350 g/mol. The number of aliphatic hydroxyl groups is 1. The van der Waals surface area contributed by atoms with E-state index in [1.54, 1.807) is 0 Å². The number of ether oxygens (including phenoxy) is 1. The summed E-state index contributed by atoms with van der Waals surface area (Å²) in [6, 6.07) is 2.09. The van der Waals surface area contributed by atoms with Crippen molar-refractivity contribution in [1.29, 1.82) is 5.26 Å². The smallest absolute Gasteiger partial charge is 0.349 e. The first-order chi connectivity index (χ1) is 13.3. The van der Waals surface area contributed by atoms with Gasteiger partial charge >= 0.3 is 5.97 Å². The minimum atomic E-state index is -0.675. The maximum absolute atomic E-state index is 12.2. The maximum atomic E-state index is 12.2. The molecule has 1 N–H and O–H groups in total. The molecule has 4 saturated carbocycles. The molecule has 0 spiro atoms. The quantitative estimate of drug-likeness (QED) is 0.676. The van der Waals surface area contributed by atoms with Crippen LogP contribution in [0.1, 0.15) is 78.1 Å². The van der Waals surface area contributed by atoms with E-state index in [0.29, 0.717) is 17.3 Å². The average molecular weight is 384 g/mol. The van der Waals surface area contributed by atoms with Gasteiger partial charge in [-0.3, -0.25) is 0 Å². The maximum Gasteiger partial charge on any atom is 0.349 e. The highest BCUT2D eigenvalue weighted by molar-refractivity contribution is 5.96. The van der Waals surface area contributed by atoms with Crippen LogP contribution in [0, 0.1) is 45.8 Å². The molecule has 5 aliphatic rings. The van der Waals surface area contributed by atoms with Gasteiger partial charge in [-0.2, -0.15) is 5.26 Å². The molecule has 152 valence electrons. The summed E-state index contributed by atoms with van der Waals surface area (Å²) in [6.07, 6.45) is 11.6. The lowest BCUT2D eigenvalue weighted by Gasteiger charge is -2.63. The SMILES string of the molecule is C[C@]12CCCC[C@H]1CC[C@@H]1[C@@H]2CC[C@]2(C)[C@@H](C3=C(C#N)C(=O)OC3)CCC12O.